The minimum absolute atomic E-state index is 0.317. The van der Waals surface area contributed by atoms with Crippen LogP contribution in [0.5, 0.6) is 0 Å². The highest BCUT2D eigenvalue weighted by molar-refractivity contribution is 6.17. The van der Waals surface area contributed by atoms with Crippen molar-refractivity contribution < 1.29 is 4.79 Å². The van der Waals surface area contributed by atoms with Crippen LogP contribution < -0.4 is 0 Å². The first-order valence-corrected chi connectivity index (χ1v) is 6.00. The van der Waals surface area contributed by atoms with Gasteiger partial charge in [-0.2, -0.15) is 0 Å². The number of nitrogens with zero attached hydrogens (tertiary/aromatic N) is 1. The average molecular weight is 218 g/mol. The highest BCUT2D eigenvalue weighted by atomic mass is 35.5. The molecule has 1 saturated heterocycles. The SMILES string of the molecule is CC(C)CC(=O)N1CCC(CCCl)C1. The van der Waals surface area contributed by atoms with Crippen LogP contribution in [0.25, 0.3) is 0 Å². The van der Waals surface area contributed by atoms with E-state index >= 15 is 0 Å². The van der Waals surface area contributed by atoms with E-state index in [1.54, 1.807) is 0 Å². The fraction of sp³-hybridized carbons (Fsp3) is 0.909. The number of carbonyl (C=O) groups is 1. The van der Waals surface area contributed by atoms with Gasteiger partial charge in [-0.3, -0.25) is 4.79 Å². The molecule has 1 fully saturated rings. The Bertz CT molecular complexity index is 194. The van der Waals surface area contributed by atoms with Crippen LogP contribution >= 0.6 is 11.6 Å². The van der Waals surface area contributed by atoms with E-state index in [1.165, 1.54) is 0 Å². The summed E-state index contributed by atoms with van der Waals surface area (Å²) < 4.78 is 0. The summed E-state index contributed by atoms with van der Waals surface area (Å²) in [5, 5.41) is 0. The highest BCUT2D eigenvalue weighted by Crippen LogP contribution is 2.21. The van der Waals surface area contributed by atoms with E-state index in [0.29, 0.717) is 24.2 Å². The normalized spacial score (nSPS) is 22.0. The van der Waals surface area contributed by atoms with Crippen LogP contribution in [0.4, 0.5) is 0 Å². The lowest BCUT2D eigenvalue weighted by molar-refractivity contribution is -0.131. The number of carbonyl (C=O) groups excluding carboxylic acids is 1. The molecule has 0 aromatic carbocycles. The average Bonchev–Trinajstić information content (AvgIpc) is 2.52. The van der Waals surface area contributed by atoms with Crippen LogP contribution in [0.15, 0.2) is 0 Å². The third-order valence-corrected chi connectivity index (χ3v) is 2.96. The summed E-state index contributed by atoms with van der Waals surface area (Å²) in [6.07, 6.45) is 2.87. The van der Waals surface area contributed by atoms with Crippen LogP contribution in [0, 0.1) is 11.8 Å². The zero-order valence-corrected chi connectivity index (χ0v) is 9.89. The van der Waals surface area contributed by atoms with E-state index in [1.807, 2.05) is 4.90 Å². The van der Waals surface area contributed by atoms with Crippen LogP contribution in [-0.4, -0.2) is 29.8 Å². The summed E-state index contributed by atoms with van der Waals surface area (Å²) >= 11 is 5.69. The van der Waals surface area contributed by atoms with E-state index in [-0.39, 0.29) is 0 Å². The van der Waals surface area contributed by atoms with Gasteiger partial charge in [-0.05, 0) is 24.7 Å². The molecule has 3 heteroatoms. The minimum atomic E-state index is 0.317. The van der Waals surface area contributed by atoms with Crippen LogP contribution in [0.2, 0.25) is 0 Å². The molecule has 82 valence electrons. The maximum Gasteiger partial charge on any atom is 0.222 e. The Morgan fingerprint density at radius 1 is 1.57 bits per heavy atom. The summed E-state index contributed by atoms with van der Waals surface area (Å²) in [4.78, 5) is 13.7. The second-order valence-corrected chi connectivity index (χ2v) is 4.95. The molecule has 0 saturated carbocycles. The van der Waals surface area contributed by atoms with Crippen molar-refractivity contribution >= 4 is 17.5 Å². The highest BCUT2D eigenvalue weighted by Gasteiger charge is 2.25. The van der Waals surface area contributed by atoms with Gasteiger partial charge in [0.1, 0.15) is 0 Å². The zero-order valence-electron chi connectivity index (χ0n) is 9.13. The maximum atomic E-state index is 11.7. The van der Waals surface area contributed by atoms with Gasteiger partial charge in [0.25, 0.3) is 0 Å². The van der Waals surface area contributed by atoms with Gasteiger partial charge in [0.05, 0.1) is 0 Å². The molecule has 2 nitrogen and oxygen atoms in total. The smallest absolute Gasteiger partial charge is 0.222 e. The number of rotatable bonds is 4. The first-order chi connectivity index (χ1) is 6.63. The van der Waals surface area contributed by atoms with E-state index in [4.69, 9.17) is 11.6 Å². The molecule has 0 aliphatic carbocycles. The van der Waals surface area contributed by atoms with Gasteiger partial charge < -0.3 is 4.90 Å². The molecule has 0 bridgehead atoms. The Hall–Kier alpha value is -0.240. The van der Waals surface area contributed by atoms with Gasteiger partial charge in [0.2, 0.25) is 5.91 Å². The van der Waals surface area contributed by atoms with Crippen LogP contribution in [-0.2, 0) is 4.79 Å². The molecule has 1 rings (SSSR count). The first kappa shape index (κ1) is 11.8. The van der Waals surface area contributed by atoms with Crippen molar-refractivity contribution in [1.29, 1.82) is 0 Å². The number of alkyl halides is 1. The van der Waals surface area contributed by atoms with Crippen molar-refractivity contribution in [1.82, 2.24) is 4.90 Å². The van der Waals surface area contributed by atoms with E-state index in [0.717, 1.165) is 31.8 Å². The lowest BCUT2D eigenvalue weighted by Crippen LogP contribution is -2.29. The van der Waals surface area contributed by atoms with Gasteiger partial charge in [0, 0.05) is 25.4 Å². The molecule has 14 heavy (non-hydrogen) atoms. The fourth-order valence-corrected chi connectivity index (χ4v) is 2.24. The van der Waals surface area contributed by atoms with Crippen LogP contribution in [0.1, 0.15) is 33.1 Å². The minimum Gasteiger partial charge on any atom is -0.342 e. The van der Waals surface area contributed by atoms with Crippen molar-refractivity contribution in [2.24, 2.45) is 11.8 Å². The van der Waals surface area contributed by atoms with Crippen molar-refractivity contribution in [2.45, 2.75) is 33.1 Å². The molecule has 1 aliphatic heterocycles. The Kier molecular flexibility index (Phi) is 4.73. The fourth-order valence-electron chi connectivity index (χ4n) is 1.93. The Labute approximate surface area is 91.6 Å². The Balaban J connectivity index is 2.30. The van der Waals surface area contributed by atoms with Gasteiger partial charge in [-0.15, -0.1) is 11.6 Å². The molecule has 1 heterocycles. The number of likely N-dealkylation sites (tertiary alicyclic amines) is 1. The lowest BCUT2D eigenvalue weighted by Gasteiger charge is -2.17. The number of amides is 1. The maximum absolute atomic E-state index is 11.7. The van der Waals surface area contributed by atoms with E-state index in [2.05, 4.69) is 13.8 Å². The van der Waals surface area contributed by atoms with Gasteiger partial charge in [0.15, 0.2) is 0 Å². The van der Waals surface area contributed by atoms with Crippen LogP contribution in [0.3, 0.4) is 0 Å². The van der Waals surface area contributed by atoms with Gasteiger partial charge in [-0.1, -0.05) is 13.8 Å². The van der Waals surface area contributed by atoms with Gasteiger partial charge >= 0.3 is 0 Å². The molecule has 0 aromatic rings. The first-order valence-electron chi connectivity index (χ1n) is 5.47. The number of halogens is 1. The molecule has 0 radical (unpaired) electrons. The van der Waals surface area contributed by atoms with E-state index < -0.39 is 0 Å². The molecule has 1 atom stereocenters. The van der Waals surface area contributed by atoms with E-state index in [9.17, 15) is 4.79 Å². The van der Waals surface area contributed by atoms with Gasteiger partial charge in [-0.25, -0.2) is 0 Å². The molecule has 1 amide bonds. The predicted octanol–water partition coefficient (Wildman–Crippen LogP) is 2.51. The zero-order chi connectivity index (χ0) is 10.6. The largest absolute Gasteiger partial charge is 0.342 e. The summed E-state index contributed by atoms with van der Waals surface area (Å²) in [5.41, 5.74) is 0. The van der Waals surface area contributed by atoms with Crippen molar-refractivity contribution in [3.63, 3.8) is 0 Å². The number of hydrogen-bond acceptors (Lipinski definition) is 1. The third kappa shape index (κ3) is 3.49. The van der Waals surface area contributed by atoms with Crippen molar-refractivity contribution in [3.8, 4) is 0 Å². The summed E-state index contributed by atoms with van der Waals surface area (Å²) in [6, 6.07) is 0. The molecule has 1 aliphatic rings. The third-order valence-electron chi connectivity index (χ3n) is 2.74. The molecule has 0 spiro atoms. The summed E-state index contributed by atoms with van der Waals surface area (Å²) in [7, 11) is 0. The topological polar surface area (TPSA) is 20.3 Å². The molecular weight excluding hydrogens is 198 g/mol. The lowest BCUT2D eigenvalue weighted by atomic mass is 10.1. The second-order valence-electron chi connectivity index (χ2n) is 4.57. The van der Waals surface area contributed by atoms with Crippen molar-refractivity contribution in [2.75, 3.05) is 19.0 Å². The summed E-state index contributed by atoms with van der Waals surface area (Å²) in [5.74, 6) is 2.15. The standard InChI is InChI=1S/C11H20ClNO/c1-9(2)7-11(14)13-6-4-10(8-13)3-5-12/h9-10H,3-8H2,1-2H3. The Morgan fingerprint density at radius 2 is 2.29 bits per heavy atom. The predicted molar refractivity (Wildman–Crippen MR) is 59.5 cm³/mol. The quantitative estimate of drug-likeness (QED) is 0.663. The molecule has 1 unspecified atom stereocenters. The molecular formula is C11H20ClNO. The number of hydrogen-bond donors (Lipinski definition) is 0. The van der Waals surface area contributed by atoms with Crippen molar-refractivity contribution in [3.05, 3.63) is 0 Å². The molecule has 0 aromatic heterocycles. The molecule has 0 N–H and O–H groups in total. The Morgan fingerprint density at radius 3 is 2.86 bits per heavy atom. The second kappa shape index (κ2) is 5.59. The monoisotopic (exact) mass is 217 g/mol. The summed E-state index contributed by atoms with van der Waals surface area (Å²) in [6.45, 7) is 6.04.